The summed E-state index contributed by atoms with van der Waals surface area (Å²) in [6.45, 7) is 2.57. The minimum Gasteiger partial charge on any atom is -0.351 e. The van der Waals surface area contributed by atoms with E-state index in [2.05, 4.69) is 17.2 Å². The van der Waals surface area contributed by atoms with Gasteiger partial charge in [-0.05, 0) is 18.6 Å². The van der Waals surface area contributed by atoms with E-state index in [1.54, 1.807) is 24.5 Å². The van der Waals surface area contributed by atoms with E-state index in [9.17, 15) is 4.79 Å². The van der Waals surface area contributed by atoms with Crippen molar-refractivity contribution >= 4 is 17.5 Å². The number of carbonyl (C=O) groups is 1. The predicted molar refractivity (Wildman–Crippen MR) is 61.1 cm³/mol. The number of hydrogen-bond donors (Lipinski definition) is 1. The topological polar surface area (TPSA) is 42.0 Å². The van der Waals surface area contributed by atoms with Crippen molar-refractivity contribution in [1.29, 1.82) is 0 Å². The summed E-state index contributed by atoms with van der Waals surface area (Å²) in [4.78, 5) is 15.4. The normalized spacial score (nSPS) is 12.1. The first kappa shape index (κ1) is 12.0. The molecule has 0 spiro atoms. The summed E-state index contributed by atoms with van der Waals surface area (Å²) in [6, 6.07) is 3.46. The van der Waals surface area contributed by atoms with Crippen LogP contribution in [0.3, 0.4) is 0 Å². The van der Waals surface area contributed by atoms with Gasteiger partial charge in [-0.2, -0.15) is 0 Å². The zero-order valence-electron chi connectivity index (χ0n) is 8.74. The zero-order valence-corrected chi connectivity index (χ0v) is 9.50. The number of aromatic nitrogens is 1. The Kier molecular flexibility index (Phi) is 5.12. The Labute approximate surface area is 94.9 Å². The van der Waals surface area contributed by atoms with Crippen LogP contribution in [-0.2, 0) is 0 Å². The molecule has 0 aromatic carbocycles. The summed E-state index contributed by atoms with van der Waals surface area (Å²) in [6.07, 6.45) is 5.11. The highest BCUT2D eigenvalue weighted by Crippen LogP contribution is 2.03. The second-order valence-corrected chi connectivity index (χ2v) is 3.95. The molecule has 0 aliphatic rings. The van der Waals surface area contributed by atoms with Crippen molar-refractivity contribution in [3.8, 4) is 0 Å². The summed E-state index contributed by atoms with van der Waals surface area (Å²) in [5.41, 5.74) is 0.567. The van der Waals surface area contributed by atoms with E-state index >= 15 is 0 Å². The summed E-state index contributed by atoms with van der Waals surface area (Å²) < 4.78 is 0. The molecule has 15 heavy (non-hydrogen) atoms. The number of carbonyl (C=O) groups excluding carboxylic acids is 1. The van der Waals surface area contributed by atoms with Gasteiger partial charge in [-0.1, -0.05) is 13.3 Å². The lowest BCUT2D eigenvalue weighted by molar-refractivity contribution is 0.0953. The van der Waals surface area contributed by atoms with Gasteiger partial charge < -0.3 is 5.32 Å². The molecule has 1 heterocycles. The quantitative estimate of drug-likeness (QED) is 0.783. The highest BCUT2D eigenvalue weighted by atomic mass is 35.5. The molecular formula is C11H15ClN2O. The van der Waals surface area contributed by atoms with E-state index in [1.807, 2.05) is 0 Å². The van der Waals surface area contributed by atoms with Crippen LogP contribution in [0.1, 0.15) is 30.1 Å². The summed E-state index contributed by atoms with van der Waals surface area (Å²) in [5, 5.41) is 2.78. The van der Waals surface area contributed by atoms with Crippen molar-refractivity contribution in [2.24, 2.45) is 0 Å². The van der Waals surface area contributed by atoms with Crippen LogP contribution in [0.2, 0.25) is 0 Å². The number of nitrogens with zero attached hydrogens (tertiary/aromatic N) is 1. The molecule has 1 unspecified atom stereocenters. The lowest BCUT2D eigenvalue weighted by atomic mass is 10.2. The van der Waals surface area contributed by atoms with Crippen molar-refractivity contribution in [3.05, 3.63) is 30.1 Å². The smallest absolute Gasteiger partial charge is 0.252 e. The van der Waals surface area contributed by atoms with Gasteiger partial charge in [0.05, 0.1) is 10.9 Å². The lowest BCUT2D eigenvalue weighted by Gasteiger charge is -2.09. The first-order valence-electron chi connectivity index (χ1n) is 5.06. The Hall–Kier alpha value is -1.09. The summed E-state index contributed by atoms with van der Waals surface area (Å²) in [5.74, 6) is -0.121. The Balaban J connectivity index is 2.37. The molecule has 1 aromatic heterocycles. The van der Waals surface area contributed by atoms with Crippen molar-refractivity contribution < 1.29 is 4.79 Å². The van der Waals surface area contributed by atoms with Crippen LogP contribution in [0.15, 0.2) is 24.5 Å². The minimum absolute atomic E-state index is 0.00983. The van der Waals surface area contributed by atoms with Crippen molar-refractivity contribution in [1.82, 2.24) is 10.3 Å². The standard InChI is InChI=1S/C11H15ClN2O/c1-2-4-10(12)8-14-11(15)9-5-3-6-13-7-9/h3,5-7,10H,2,4,8H2,1H3,(H,14,15). The third-order valence-electron chi connectivity index (χ3n) is 2.01. The largest absolute Gasteiger partial charge is 0.351 e. The lowest BCUT2D eigenvalue weighted by Crippen LogP contribution is -2.29. The molecule has 0 saturated heterocycles. The van der Waals surface area contributed by atoms with Crippen LogP contribution in [0.5, 0.6) is 0 Å². The average molecular weight is 227 g/mol. The second kappa shape index (κ2) is 6.40. The van der Waals surface area contributed by atoms with E-state index in [1.165, 1.54) is 0 Å². The molecule has 1 N–H and O–H groups in total. The van der Waals surface area contributed by atoms with E-state index in [4.69, 9.17) is 11.6 Å². The van der Waals surface area contributed by atoms with Gasteiger partial charge in [-0.15, -0.1) is 11.6 Å². The Morgan fingerprint density at radius 1 is 1.67 bits per heavy atom. The molecule has 0 saturated carbocycles. The molecule has 0 bridgehead atoms. The molecule has 1 aromatic rings. The molecular weight excluding hydrogens is 212 g/mol. The third-order valence-corrected chi connectivity index (χ3v) is 2.38. The Bertz CT molecular complexity index is 303. The van der Waals surface area contributed by atoms with E-state index in [0.29, 0.717) is 12.1 Å². The molecule has 0 aliphatic heterocycles. The molecule has 4 heteroatoms. The molecule has 3 nitrogen and oxygen atoms in total. The number of nitrogens with one attached hydrogen (secondary N) is 1. The molecule has 0 aliphatic carbocycles. The average Bonchev–Trinajstić information content (AvgIpc) is 2.27. The predicted octanol–water partition coefficient (Wildman–Crippen LogP) is 2.22. The van der Waals surface area contributed by atoms with Gasteiger partial charge in [0.2, 0.25) is 0 Å². The maximum absolute atomic E-state index is 11.5. The van der Waals surface area contributed by atoms with Crippen LogP contribution in [0, 0.1) is 0 Å². The molecule has 0 fully saturated rings. The van der Waals surface area contributed by atoms with Gasteiger partial charge >= 0.3 is 0 Å². The van der Waals surface area contributed by atoms with Crippen LogP contribution < -0.4 is 5.32 Å². The van der Waals surface area contributed by atoms with Gasteiger partial charge in [0.15, 0.2) is 0 Å². The number of amides is 1. The number of hydrogen-bond acceptors (Lipinski definition) is 2. The fourth-order valence-corrected chi connectivity index (χ4v) is 1.51. The Morgan fingerprint density at radius 2 is 2.47 bits per heavy atom. The first-order valence-corrected chi connectivity index (χ1v) is 5.50. The Morgan fingerprint density at radius 3 is 3.07 bits per heavy atom. The minimum atomic E-state index is -0.121. The number of pyridine rings is 1. The zero-order chi connectivity index (χ0) is 11.1. The first-order chi connectivity index (χ1) is 7.24. The van der Waals surface area contributed by atoms with E-state index in [-0.39, 0.29) is 11.3 Å². The maximum atomic E-state index is 11.5. The van der Waals surface area contributed by atoms with Crippen LogP contribution in [0.4, 0.5) is 0 Å². The highest BCUT2D eigenvalue weighted by Gasteiger charge is 2.07. The highest BCUT2D eigenvalue weighted by molar-refractivity contribution is 6.20. The third kappa shape index (κ3) is 4.30. The van der Waals surface area contributed by atoms with Gasteiger partial charge in [-0.3, -0.25) is 9.78 Å². The number of rotatable bonds is 5. The summed E-state index contributed by atoms with van der Waals surface area (Å²) in [7, 11) is 0. The summed E-state index contributed by atoms with van der Waals surface area (Å²) >= 11 is 5.98. The molecule has 1 amide bonds. The van der Waals surface area contributed by atoms with Crippen molar-refractivity contribution in [3.63, 3.8) is 0 Å². The fourth-order valence-electron chi connectivity index (χ4n) is 1.22. The molecule has 82 valence electrons. The molecule has 0 radical (unpaired) electrons. The number of halogens is 1. The maximum Gasteiger partial charge on any atom is 0.252 e. The van der Waals surface area contributed by atoms with Crippen molar-refractivity contribution in [2.75, 3.05) is 6.54 Å². The van der Waals surface area contributed by atoms with Crippen LogP contribution >= 0.6 is 11.6 Å². The molecule has 1 rings (SSSR count). The number of alkyl halides is 1. The monoisotopic (exact) mass is 226 g/mol. The second-order valence-electron chi connectivity index (χ2n) is 3.34. The van der Waals surface area contributed by atoms with Gasteiger partial charge in [0.25, 0.3) is 5.91 Å². The van der Waals surface area contributed by atoms with Crippen LogP contribution in [-0.4, -0.2) is 22.8 Å². The van der Waals surface area contributed by atoms with Gasteiger partial charge in [0.1, 0.15) is 0 Å². The SMILES string of the molecule is CCCC(Cl)CNC(=O)c1cccnc1. The fraction of sp³-hybridized carbons (Fsp3) is 0.455. The van der Waals surface area contributed by atoms with Gasteiger partial charge in [0, 0.05) is 18.9 Å². The van der Waals surface area contributed by atoms with Crippen molar-refractivity contribution in [2.45, 2.75) is 25.1 Å². The van der Waals surface area contributed by atoms with E-state index < -0.39 is 0 Å². The molecule has 1 atom stereocenters. The van der Waals surface area contributed by atoms with E-state index in [0.717, 1.165) is 12.8 Å². The van der Waals surface area contributed by atoms with Gasteiger partial charge in [-0.25, -0.2) is 0 Å². The van der Waals surface area contributed by atoms with Crippen LogP contribution in [0.25, 0.3) is 0 Å².